The van der Waals surface area contributed by atoms with E-state index in [0.29, 0.717) is 6.42 Å². The third-order valence-electron chi connectivity index (χ3n) is 3.11. The SMILES string of the molecule is CC(C(N)=O)c1ccccc1.CCC(=O)Nc1ccccc1. The maximum absolute atomic E-state index is 10.9. The number of anilines is 1. The summed E-state index contributed by atoms with van der Waals surface area (Å²) in [6.07, 6.45) is 0.523. The van der Waals surface area contributed by atoms with Crippen molar-refractivity contribution in [1.82, 2.24) is 0 Å². The summed E-state index contributed by atoms with van der Waals surface area (Å²) in [5.74, 6) is -0.413. The second-order valence-corrected chi connectivity index (χ2v) is 4.80. The lowest BCUT2D eigenvalue weighted by molar-refractivity contribution is -0.119. The minimum absolute atomic E-state index is 0.0520. The summed E-state index contributed by atoms with van der Waals surface area (Å²) in [4.78, 5) is 21.6. The molecule has 2 amide bonds. The van der Waals surface area contributed by atoms with Crippen molar-refractivity contribution in [2.75, 3.05) is 5.32 Å². The van der Waals surface area contributed by atoms with E-state index in [4.69, 9.17) is 5.73 Å². The molecule has 0 bridgehead atoms. The Hall–Kier alpha value is -2.62. The molecule has 3 N–H and O–H groups in total. The van der Waals surface area contributed by atoms with E-state index >= 15 is 0 Å². The molecule has 0 heterocycles. The summed E-state index contributed by atoms with van der Waals surface area (Å²) in [6.45, 7) is 3.63. The second kappa shape index (κ2) is 9.34. The molecule has 4 heteroatoms. The van der Waals surface area contributed by atoms with Crippen LogP contribution in [0.4, 0.5) is 5.69 Å². The van der Waals surface area contributed by atoms with Crippen LogP contribution >= 0.6 is 0 Å². The van der Waals surface area contributed by atoms with Gasteiger partial charge in [0.2, 0.25) is 11.8 Å². The third-order valence-corrected chi connectivity index (χ3v) is 3.11. The first-order valence-corrected chi connectivity index (χ1v) is 7.23. The fraction of sp³-hybridized carbons (Fsp3) is 0.222. The number of primary amides is 1. The number of amides is 2. The summed E-state index contributed by atoms with van der Waals surface area (Å²) in [5.41, 5.74) is 6.96. The molecule has 0 aliphatic carbocycles. The largest absolute Gasteiger partial charge is 0.369 e. The Labute approximate surface area is 131 Å². The maximum atomic E-state index is 10.9. The van der Waals surface area contributed by atoms with E-state index in [1.807, 2.05) is 67.6 Å². The van der Waals surface area contributed by atoms with Gasteiger partial charge in [-0.3, -0.25) is 9.59 Å². The van der Waals surface area contributed by atoms with Crippen LogP contribution in [0.25, 0.3) is 0 Å². The fourth-order valence-electron chi connectivity index (χ4n) is 1.68. The van der Waals surface area contributed by atoms with Crippen LogP contribution in [0.15, 0.2) is 60.7 Å². The lowest BCUT2D eigenvalue weighted by atomic mass is 10.0. The van der Waals surface area contributed by atoms with Gasteiger partial charge in [0.15, 0.2) is 0 Å². The Kier molecular flexibility index (Phi) is 7.40. The molecule has 0 aromatic heterocycles. The van der Waals surface area contributed by atoms with Crippen LogP contribution in [0.5, 0.6) is 0 Å². The van der Waals surface area contributed by atoms with Crippen molar-refractivity contribution in [2.45, 2.75) is 26.2 Å². The first kappa shape index (κ1) is 17.4. The molecule has 0 fully saturated rings. The van der Waals surface area contributed by atoms with Gasteiger partial charge >= 0.3 is 0 Å². The molecule has 4 nitrogen and oxygen atoms in total. The second-order valence-electron chi connectivity index (χ2n) is 4.80. The van der Waals surface area contributed by atoms with Crippen molar-refractivity contribution < 1.29 is 9.59 Å². The van der Waals surface area contributed by atoms with E-state index in [2.05, 4.69) is 5.32 Å². The molecule has 116 valence electrons. The third kappa shape index (κ3) is 6.22. The van der Waals surface area contributed by atoms with Gasteiger partial charge < -0.3 is 11.1 Å². The number of para-hydroxylation sites is 1. The van der Waals surface area contributed by atoms with Gasteiger partial charge in [0.05, 0.1) is 5.92 Å². The minimum atomic E-state index is -0.281. The number of hydrogen-bond donors (Lipinski definition) is 2. The molecule has 2 aromatic rings. The molecule has 0 radical (unpaired) electrons. The Balaban J connectivity index is 0.000000220. The molecular weight excluding hydrogens is 276 g/mol. The molecule has 1 unspecified atom stereocenters. The van der Waals surface area contributed by atoms with Gasteiger partial charge in [-0.1, -0.05) is 55.5 Å². The predicted molar refractivity (Wildman–Crippen MR) is 89.4 cm³/mol. The van der Waals surface area contributed by atoms with Crippen LogP contribution in [-0.2, 0) is 9.59 Å². The highest BCUT2D eigenvalue weighted by Gasteiger charge is 2.09. The van der Waals surface area contributed by atoms with Crippen LogP contribution < -0.4 is 11.1 Å². The molecule has 0 spiro atoms. The smallest absolute Gasteiger partial charge is 0.224 e. The molecule has 2 rings (SSSR count). The van der Waals surface area contributed by atoms with Crippen molar-refractivity contribution in [3.8, 4) is 0 Å². The highest BCUT2D eigenvalue weighted by Crippen LogP contribution is 2.12. The Morgan fingerprint density at radius 3 is 1.95 bits per heavy atom. The first-order chi connectivity index (χ1) is 10.5. The number of benzene rings is 2. The van der Waals surface area contributed by atoms with Gasteiger partial charge in [-0.2, -0.15) is 0 Å². The fourth-order valence-corrected chi connectivity index (χ4v) is 1.68. The molecular formula is C18H22N2O2. The topological polar surface area (TPSA) is 72.2 Å². The molecule has 2 aromatic carbocycles. The van der Waals surface area contributed by atoms with Gasteiger partial charge in [-0.25, -0.2) is 0 Å². The van der Waals surface area contributed by atoms with Crippen LogP contribution in [0.3, 0.4) is 0 Å². The number of carbonyl (C=O) groups is 2. The van der Waals surface area contributed by atoms with Gasteiger partial charge in [0.1, 0.15) is 0 Å². The zero-order valence-corrected chi connectivity index (χ0v) is 13.0. The Bertz CT molecular complexity index is 581. The van der Waals surface area contributed by atoms with Crippen molar-refractivity contribution in [3.63, 3.8) is 0 Å². The average molecular weight is 298 g/mol. The highest BCUT2D eigenvalue weighted by atomic mass is 16.1. The van der Waals surface area contributed by atoms with Crippen LogP contribution in [-0.4, -0.2) is 11.8 Å². The van der Waals surface area contributed by atoms with E-state index in [0.717, 1.165) is 11.3 Å². The quantitative estimate of drug-likeness (QED) is 0.909. The summed E-state index contributed by atoms with van der Waals surface area (Å²) in [6, 6.07) is 18.9. The Morgan fingerprint density at radius 1 is 1.00 bits per heavy atom. The van der Waals surface area contributed by atoms with Crippen molar-refractivity contribution >= 4 is 17.5 Å². The van der Waals surface area contributed by atoms with Crippen LogP contribution in [0, 0.1) is 0 Å². The van der Waals surface area contributed by atoms with E-state index in [1.54, 1.807) is 6.92 Å². The van der Waals surface area contributed by atoms with Crippen molar-refractivity contribution in [2.24, 2.45) is 5.73 Å². The van der Waals surface area contributed by atoms with Crippen molar-refractivity contribution in [1.29, 1.82) is 0 Å². The van der Waals surface area contributed by atoms with Gasteiger partial charge in [-0.15, -0.1) is 0 Å². The highest BCUT2D eigenvalue weighted by molar-refractivity contribution is 5.90. The zero-order chi connectivity index (χ0) is 16.4. The van der Waals surface area contributed by atoms with E-state index in [1.165, 1.54) is 0 Å². The first-order valence-electron chi connectivity index (χ1n) is 7.23. The lowest BCUT2D eigenvalue weighted by Gasteiger charge is -2.05. The summed E-state index contributed by atoms with van der Waals surface area (Å²) >= 11 is 0. The van der Waals surface area contributed by atoms with E-state index in [-0.39, 0.29) is 17.7 Å². The predicted octanol–water partition coefficient (Wildman–Crippen LogP) is 3.31. The minimum Gasteiger partial charge on any atom is -0.369 e. The van der Waals surface area contributed by atoms with Crippen LogP contribution in [0.2, 0.25) is 0 Å². The number of rotatable bonds is 4. The number of nitrogens with one attached hydrogen (secondary N) is 1. The Morgan fingerprint density at radius 2 is 1.50 bits per heavy atom. The van der Waals surface area contributed by atoms with E-state index < -0.39 is 0 Å². The number of hydrogen-bond acceptors (Lipinski definition) is 2. The lowest BCUT2D eigenvalue weighted by Crippen LogP contribution is -2.18. The standard InChI is InChI=1S/2C9H11NO/c1-7(9(10)11)8-5-3-2-4-6-8;1-2-9(11)10-8-6-4-3-5-7-8/h2-7H,1H3,(H2,10,11);3-7H,2H2,1H3,(H,10,11). The van der Waals surface area contributed by atoms with Gasteiger partial charge in [0, 0.05) is 12.1 Å². The number of carbonyl (C=O) groups excluding carboxylic acids is 2. The maximum Gasteiger partial charge on any atom is 0.224 e. The van der Waals surface area contributed by atoms with Crippen molar-refractivity contribution in [3.05, 3.63) is 66.2 Å². The number of nitrogens with two attached hydrogens (primary N) is 1. The van der Waals surface area contributed by atoms with Gasteiger partial charge in [-0.05, 0) is 24.6 Å². The molecule has 0 aliphatic heterocycles. The average Bonchev–Trinajstić information content (AvgIpc) is 2.56. The van der Waals surface area contributed by atoms with Gasteiger partial charge in [0.25, 0.3) is 0 Å². The molecule has 0 aliphatic rings. The summed E-state index contributed by atoms with van der Waals surface area (Å²) in [5, 5.41) is 2.75. The molecule has 0 saturated carbocycles. The molecule has 22 heavy (non-hydrogen) atoms. The monoisotopic (exact) mass is 298 g/mol. The van der Waals surface area contributed by atoms with E-state index in [9.17, 15) is 9.59 Å². The molecule has 1 atom stereocenters. The summed E-state index contributed by atoms with van der Waals surface area (Å²) in [7, 11) is 0. The molecule has 0 saturated heterocycles. The summed E-state index contributed by atoms with van der Waals surface area (Å²) < 4.78 is 0. The zero-order valence-electron chi connectivity index (χ0n) is 13.0. The van der Waals surface area contributed by atoms with Crippen LogP contribution in [0.1, 0.15) is 31.7 Å². The normalized spacial score (nSPS) is 10.8.